The number of rotatable bonds is 4. The van der Waals surface area contributed by atoms with E-state index >= 15 is 0 Å². The van der Waals surface area contributed by atoms with Crippen molar-refractivity contribution in [1.29, 1.82) is 0 Å². The lowest BCUT2D eigenvalue weighted by atomic mass is 10.2. The smallest absolute Gasteiger partial charge is 0.275 e. The topological polar surface area (TPSA) is 126 Å². The van der Waals surface area contributed by atoms with Crippen molar-refractivity contribution in [3.63, 3.8) is 0 Å². The summed E-state index contributed by atoms with van der Waals surface area (Å²) >= 11 is 3.37. The molecular formula is C16H11BrN6O3. The summed E-state index contributed by atoms with van der Waals surface area (Å²) in [6, 6.07) is 8.31. The first kappa shape index (κ1) is 16.2. The summed E-state index contributed by atoms with van der Waals surface area (Å²) in [5.41, 5.74) is 7.31. The van der Waals surface area contributed by atoms with E-state index in [1.807, 2.05) is 0 Å². The van der Waals surface area contributed by atoms with Gasteiger partial charge in [-0.3, -0.25) is 10.1 Å². The molecule has 0 saturated heterocycles. The van der Waals surface area contributed by atoms with Crippen molar-refractivity contribution in [3.05, 3.63) is 62.9 Å². The number of aromatic nitrogens is 4. The minimum atomic E-state index is -0.427. The normalized spacial score (nSPS) is 11.1. The van der Waals surface area contributed by atoms with Crippen LogP contribution >= 0.6 is 15.9 Å². The zero-order chi connectivity index (χ0) is 18.3. The van der Waals surface area contributed by atoms with Crippen molar-refractivity contribution in [2.45, 2.75) is 6.54 Å². The average Bonchev–Trinajstić information content (AvgIpc) is 3.26. The second-order valence-electron chi connectivity index (χ2n) is 5.44. The molecule has 0 spiro atoms. The molecule has 9 nitrogen and oxygen atoms in total. The third kappa shape index (κ3) is 2.69. The van der Waals surface area contributed by atoms with E-state index in [0.717, 1.165) is 0 Å². The molecule has 0 aliphatic rings. The van der Waals surface area contributed by atoms with Crippen LogP contribution in [-0.2, 0) is 6.54 Å². The predicted molar refractivity (Wildman–Crippen MR) is 97.3 cm³/mol. The van der Waals surface area contributed by atoms with E-state index in [0.29, 0.717) is 32.5 Å². The Hall–Kier alpha value is -3.27. The van der Waals surface area contributed by atoms with Crippen LogP contribution in [0.15, 0.2) is 51.7 Å². The van der Waals surface area contributed by atoms with Gasteiger partial charge in [-0.15, -0.1) is 0 Å². The number of nitro groups is 1. The predicted octanol–water partition coefficient (Wildman–Crippen LogP) is 3.39. The van der Waals surface area contributed by atoms with Crippen LogP contribution in [0.25, 0.3) is 22.5 Å². The molecule has 26 heavy (non-hydrogen) atoms. The number of anilines is 1. The van der Waals surface area contributed by atoms with Gasteiger partial charge in [0.15, 0.2) is 11.4 Å². The minimum absolute atomic E-state index is 0.00342. The van der Waals surface area contributed by atoms with Gasteiger partial charge in [-0.2, -0.15) is 10.1 Å². The standard InChI is InChI=1S/C16H11BrN6O3/c17-11-3-1-4-12(23(24)25)10(11)8-22-15-9(7-19-22)14(20-16(18)21-15)13-5-2-6-26-13/h1-7H,8H2,(H2,18,20,21). The lowest BCUT2D eigenvalue weighted by Crippen LogP contribution is -2.07. The number of furan rings is 1. The minimum Gasteiger partial charge on any atom is -0.463 e. The number of benzene rings is 1. The second kappa shape index (κ2) is 6.23. The third-order valence-electron chi connectivity index (χ3n) is 3.87. The summed E-state index contributed by atoms with van der Waals surface area (Å²) in [7, 11) is 0. The van der Waals surface area contributed by atoms with Crippen LogP contribution in [0.5, 0.6) is 0 Å². The summed E-state index contributed by atoms with van der Waals surface area (Å²) in [5, 5.41) is 16.3. The Labute approximate surface area is 154 Å². The molecule has 0 unspecified atom stereocenters. The largest absolute Gasteiger partial charge is 0.463 e. The van der Waals surface area contributed by atoms with Gasteiger partial charge in [0.05, 0.1) is 34.9 Å². The first-order valence-corrected chi connectivity index (χ1v) is 8.28. The first-order valence-electron chi connectivity index (χ1n) is 7.49. The summed E-state index contributed by atoms with van der Waals surface area (Å²) in [6.45, 7) is 0.148. The highest BCUT2D eigenvalue weighted by atomic mass is 79.9. The summed E-state index contributed by atoms with van der Waals surface area (Å²) in [5.74, 6) is 0.600. The first-order chi connectivity index (χ1) is 12.5. The monoisotopic (exact) mass is 414 g/mol. The zero-order valence-electron chi connectivity index (χ0n) is 13.2. The number of nitrogen functional groups attached to an aromatic ring is 1. The highest BCUT2D eigenvalue weighted by molar-refractivity contribution is 9.10. The van der Waals surface area contributed by atoms with Crippen LogP contribution in [-0.4, -0.2) is 24.7 Å². The average molecular weight is 415 g/mol. The molecule has 1 aromatic carbocycles. The molecule has 0 radical (unpaired) electrons. The van der Waals surface area contributed by atoms with Crippen molar-refractivity contribution >= 4 is 38.6 Å². The highest BCUT2D eigenvalue weighted by Gasteiger charge is 2.20. The molecule has 0 atom stereocenters. The lowest BCUT2D eigenvalue weighted by Gasteiger charge is -2.07. The molecule has 3 aromatic heterocycles. The van der Waals surface area contributed by atoms with Crippen LogP contribution in [0.4, 0.5) is 11.6 Å². The Balaban J connectivity index is 1.87. The van der Waals surface area contributed by atoms with Crippen LogP contribution in [0.1, 0.15) is 5.56 Å². The van der Waals surface area contributed by atoms with Crippen molar-refractivity contribution in [3.8, 4) is 11.5 Å². The Bertz CT molecular complexity index is 1120. The van der Waals surface area contributed by atoms with Gasteiger partial charge in [0.25, 0.3) is 5.69 Å². The van der Waals surface area contributed by atoms with Crippen molar-refractivity contribution < 1.29 is 9.34 Å². The molecule has 0 saturated carbocycles. The molecule has 0 bridgehead atoms. The van der Waals surface area contributed by atoms with Gasteiger partial charge in [0, 0.05) is 10.5 Å². The zero-order valence-corrected chi connectivity index (χ0v) is 14.8. The van der Waals surface area contributed by atoms with E-state index < -0.39 is 4.92 Å². The van der Waals surface area contributed by atoms with E-state index in [1.165, 1.54) is 12.3 Å². The molecule has 0 aliphatic heterocycles. The van der Waals surface area contributed by atoms with Gasteiger partial charge < -0.3 is 10.2 Å². The number of nitro benzene ring substituents is 1. The van der Waals surface area contributed by atoms with Gasteiger partial charge in [-0.25, -0.2) is 9.67 Å². The molecule has 2 N–H and O–H groups in total. The Morgan fingerprint density at radius 3 is 2.85 bits per heavy atom. The highest BCUT2D eigenvalue weighted by Crippen LogP contribution is 2.30. The number of hydrogen-bond donors (Lipinski definition) is 1. The quantitative estimate of drug-likeness (QED) is 0.400. The Morgan fingerprint density at radius 2 is 2.12 bits per heavy atom. The van der Waals surface area contributed by atoms with Crippen LogP contribution < -0.4 is 5.73 Å². The third-order valence-corrected chi connectivity index (χ3v) is 4.61. The van der Waals surface area contributed by atoms with Crippen molar-refractivity contribution in [1.82, 2.24) is 19.7 Å². The Morgan fingerprint density at radius 1 is 1.27 bits per heavy atom. The van der Waals surface area contributed by atoms with E-state index in [1.54, 1.807) is 35.1 Å². The van der Waals surface area contributed by atoms with E-state index in [4.69, 9.17) is 10.2 Å². The molecule has 130 valence electrons. The second-order valence-corrected chi connectivity index (χ2v) is 6.30. The maximum absolute atomic E-state index is 11.3. The maximum Gasteiger partial charge on any atom is 0.275 e. The fraction of sp³-hybridized carbons (Fsp3) is 0.0625. The van der Waals surface area contributed by atoms with E-state index in [2.05, 4.69) is 31.0 Å². The summed E-state index contributed by atoms with van der Waals surface area (Å²) in [4.78, 5) is 19.4. The van der Waals surface area contributed by atoms with Crippen LogP contribution in [0, 0.1) is 10.1 Å². The number of halogens is 1. The Kier molecular flexibility index (Phi) is 3.88. The number of nitrogens with two attached hydrogens (primary N) is 1. The fourth-order valence-electron chi connectivity index (χ4n) is 2.71. The SMILES string of the molecule is Nc1nc(-c2ccco2)c2cnn(Cc3c(Br)cccc3[N+](=O)[O-])c2n1. The molecular weight excluding hydrogens is 404 g/mol. The van der Waals surface area contributed by atoms with E-state index in [9.17, 15) is 10.1 Å². The molecule has 10 heteroatoms. The van der Waals surface area contributed by atoms with Gasteiger partial charge in [0.1, 0.15) is 5.69 Å². The maximum atomic E-state index is 11.3. The van der Waals surface area contributed by atoms with Crippen LogP contribution in [0.2, 0.25) is 0 Å². The van der Waals surface area contributed by atoms with Crippen LogP contribution in [0.3, 0.4) is 0 Å². The number of fused-ring (bicyclic) bond motifs is 1. The van der Waals surface area contributed by atoms with Crippen molar-refractivity contribution in [2.24, 2.45) is 0 Å². The van der Waals surface area contributed by atoms with Gasteiger partial charge in [-0.1, -0.05) is 22.0 Å². The summed E-state index contributed by atoms with van der Waals surface area (Å²) < 4.78 is 7.56. The molecule has 4 aromatic rings. The molecule has 0 amide bonds. The van der Waals surface area contributed by atoms with Gasteiger partial charge >= 0.3 is 0 Å². The molecule has 4 rings (SSSR count). The van der Waals surface area contributed by atoms with Crippen molar-refractivity contribution in [2.75, 3.05) is 5.73 Å². The molecule has 0 fully saturated rings. The summed E-state index contributed by atoms with van der Waals surface area (Å²) in [6.07, 6.45) is 3.13. The van der Waals surface area contributed by atoms with Gasteiger partial charge in [-0.05, 0) is 18.2 Å². The fourth-order valence-corrected chi connectivity index (χ4v) is 3.19. The number of hydrogen-bond acceptors (Lipinski definition) is 7. The van der Waals surface area contributed by atoms with Gasteiger partial charge in [0.2, 0.25) is 5.95 Å². The molecule has 3 heterocycles. The molecule has 0 aliphatic carbocycles. The van der Waals surface area contributed by atoms with E-state index in [-0.39, 0.29) is 18.2 Å². The lowest BCUT2D eigenvalue weighted by molar-refractivity contribution is -0.385. The number of nitrogens with zero attached hydrogens (tertiary/aromatic N) is 5.